The molecule has 0 aromatic carbocycles. The first-order chi connectivity index (χ1) is 7.82. The van der Waals surface area contributed by atoms with Gasteiger partial charge in [0, 0.05) is 12.6 Å². The van der Waals surface area contributed by atoms with Gasteiger partial charge in [-0.3, -0.25) is 0 Å². The monoisotopic (exact) mass is 242 g/mol. The second kappa shape index (κ2) is 8.93. The zero-order valence-corrected chi connectivity index (χ0v) is 12.9. The van der Waals surface area contributed by atoms with Gasteiger partial charge >= 0.3 is 0 Å². The molecule has 0 aromatic rings. The van der Waals surface area contributed by atoms with Gasteiger partial charge in [0.2, 0.25) is 0 Å². The Labute approximate surface area is 109 Å². The Balaban J connectivity index is 4.09. The van der Waals surface area contributed by atoms with E-state index in [1.165, 1.54) is 25.9 Å². The van der Waals surface area contributed by atoms with Crippen molar-refractivity contribution in [1.29, 1.82) is 0 Å². The maximum absolute atomic E-state index is 5.97. The Kier molecular flexibility index (Phi) is 8.89. The molecule has 104 valence electrons. The summed E-state index contributed by atoms with van der Waals surface area (Å²) in [6.45, 7) is 17.2. The van der Waals surface area contributed by atoms with Crippen molar-refractivity contribution in [2.45, 2.75) is 60.4 Å². The lowest BCUT2D eigenvalue weighted by atomic mass is 10.0. The van der Waals surface area contributed by atoms with Crippen LogP contribution in [0.1, 0.15) is 54.4 Å². The van der Waals surface area contributed by atoms with Crippen molar-refractivity contribution in [1.82, 2.24) is 4.90 Å². The highest BCUT2D eigenvalue weighted by Crippen LogP contribution is 2.10. The van der Waals surface area contributed by atoms with E-state index in [9.17, 15) is 0 Å². The Bertz CT molecular complexity index is 164. The molecule has 0 amide bonds. The van der Waals surface area contributed by atoms with Gasteiger partial charge in [0.25, 0.3) is 0 Å². The molecule has 0 fully saturated rings. The topological polar surface area (TPSA) is 29.3 Å². The van der Waals surface area contributed by atoms with Crippen molar-refractivity contribution >= 4 is 0 Å². The summed E-state index contributed by atoms with van der Waals surface area (Å²) in [5.74, 6) is 2.18. The van der Waals surface area contributed by atoms with E-state index in [1.807, 2.05) is 0 Å². The minimum absolute atomic E-state index is 0.301. The van der Waals surface area contributed by atoms with Crippen LogP contribution in [0.2, 0.25) is 0 Å². The quantitative estimate of drug-likeness (QED) is 0.672. The summed E-state index contributed by atoms with van der Waals surface area (Å²) in [5.41, 5.74) is 5.97. The molecule has 0 saturated heterocycles. The molecular weight excluding hydrogens is 208 g/mol. The number of rotatable bonds is 9. The van der Waals surface area contributed by atoms with Gasteiger partial charge in [-0.1, -0.05) is 34.6 Å². The van der Waals surface area contributed by atoms with Crippen LogP contribution in [-0.4, -0.2) is 30.6 Å². The SMILES string of the molecule is CC(C)CCN(CCC(C)C)CC(C)C(C)N. The lowest BCUT2D eigenvalue weighted by Gasteiger charge is -2.28. The Hall–Kier alpha value is -0.0800. The Morgan fingerprint density at radius 1 is 0.824 bits per heavy atom. The maximum atomic E-state index is 5.97. The van der Waals surface area contributed by atoms with Crippen molar-refractivity contribution in [2.24, 2.45) is 23.5 Å². The van der Waals surface area contributed by atoms with E-state index in [2.05, 4.69) is 46.4 Å². The third-order valence-electron chi connectivity index (χ3n) is 3.49. The summed E-state index contributed by atoms with van der Waals surface area (Å²) in [6.07, 6.45) is 2.59. The molecular formula is C15H34N2. The number of nitrogens with zero attached hydrogens (tertiary/aromatic N) is 1. The predicted molar refractivity (Wildman–Crippen MR) is 78.2 cm³/mol. The van der Waals surface area contributed by atoms with Crippen LogP contribution in [0.4, 0.5) is 0 Å². The van der Waals surface area contributed by atoms with Crippen LogP contribution in [0.5, 0.6) is 0 Å². The third-order valence-corrected chi connectivity index (χ3v) is 3.49. The highest BCUT2D eigenvalue weighted by Gasteiger charge is 2.14. The summed E-state index contributed by atoms with van der Waals surface area (Å²) >= 11 is 0. The molecule has 0 aliphatic rings. The standard InChI is InChI=1S/C15H34N2/c1-12(2)7-9-17(10-8-13(3)4)11-14(5)15(6)16/h12-15H,7-11,16H2,1-6H3. The lowest BCUT2D eigenvalue weighted by Crippen LogP contribution is -2.38. The van der Waals surface area contributed by atoms with Gasteiger partial charge in [-0.2, -0.15) is 0 Å². The fraction of sp³-hybridized carbons (Fsp3) is 1.00. The Morgan fingerprint density at radius 2 is 1.24 bits per heavy atom. The lowest BCUT2D eigenvalue weighted by molar-refractivity contribution is 0.204. The first-order valence-electron chi connectivity index (χ1n) is 7.30. The molecule has 0 aliphatic heterocycles. The van der Waals surface area contributed by atoms with E-state index in [1.54, 1.807) is 0 Å². The minimum atomic E-state index is 0.301. The minimum Gasteiger partial charge on any atom is -0.328 e. The summed E-state index contributed by atoms with van der Waals surface area (Å²) < 4.78 is 0. The van der Waals surface area contributed by atoms with Crippen LogP contribution >= 0.6 is 0 Å². The van der Waals surface area contributed by atoms with Gasteiger partial charge < -0.3 is 10.6 Å². The van der Waals surface area contributed by atoms with E-state index < -0.39 is 0 Å². The third kappa shape index (κ3) is 9.61. The Morgan fingerprint density at radius 3 is 1.53 bits per heavy atom. The van der Waals surface area contributed by atoms with Gasteiger partial charge in [0.05, 0.1) is 0 Å². The smallest absolute Gasteiger partial charge is 0.00483 e. The molecule has 0 aliphatic carbocycles. The molecule has 0 saturated carbocycles. The van der Waals surface area contributed by atoms with E-state index in [0.717, 1.165) is 18.4 Å². The van der Waals surface area contributed by atoms with Crippen molar-refractivity contribution in [2.75, 3.05) is 19.6 Å². The van der Waals surface area contributed by atoms with Crippen LogP contribution in [0.3, 0.4) is 0 Å². The number of hydrogen-bond donors (Lipinski definition) is 1. The molecule has 0 radical (unpaired) electrons. The number of nitrogens with two attached hydrogens (primary N) is 1. The average molecular weight is 242 g/mol. The summed E-state index contributed by atoms with van der Waals surface area (Å²) in [4.78, 5) is 2.61. The molecule has 2 heteroatoms. The largest absolute Gasteiger partial charge is 0.328 e. The molecule has 0 aromatic heterocycles. The van der Waals surface area contributed by atoms with Gasteiger partial charge in [0.1, 0.15) is 0 Å². The fourth-order valence-corrected chi connectivity index (χ4v) is 1.75. The van der Waals surface area contributed by atoms with Crippen molar-refractivity contribution in [3.63, 3.8) is 0 Å². The fourth-order valence-electron chi connectivity index (χ4n) is 1.75. The first kappa shape index (κ1) is 16.9. The van der Waals surface area contributed by atoms with Crippen molar-refractivity contribution in [3.8, 4) is 0 Å². The van der Waals surface area contributed by atoms with Gasteiger partial charge in [0.15, 0.2) is 0 Å². The van der Waals surface area contributed by atoms with Gasteiger partial charge in [-0.15, -0.1) is 0 Å². The van der Waals surface area contributed by atoms with E-state index in [0.29, 0.717) is 12.0 Å². The van der Waals surface area contributed by atoms with Crippen molar-refractivity contribution in [3.05, 3.63) is 0 Å². The molecule has 0 heterocycles. The summed E-state index contributed by atoms with van der Waals surface area (Å²) in [6, 6.07) is 0.301. The van der Waals surface area contributed by atoms with Gasteiger partial charge in [-0.05, 0) is 50.6 Å². The van der Waals surface area contributed by atoms with Crippen LogP contribution in [-0.2, 0) is 0 Å². The van der Waals surface area contributed by atoms with E-state index in [4.69, 9.17) is 5.73 Å². The first-order valence-corrected chi connectivity index (χ1v) is 7.30. The van der Waals surface area contributed by atoms with E-state index >= 15 is 0 Å². The molecule has 2 N–H and O–H groups in total. The average Bonchev–Trinajstić information content (AvgIpc) is 2.21. The zero-order chi connectivity index (χ0) is 13.4. The highest BCUT2D eigenvalue weighted by atomic mass is 15.1. The molecule has 2 atom stereocenters. The van der Waals surface area contributed by atoms with Crippen LogP contribution in [0, 0.1) is 17.8 Å². The second-order valence-electron chi connectivity index (χ2n) is 6.50. The summed E-state index contributed by atoms with van der Waals surface area (Å²) in [5, 5.41) is 0. The van der Waals surface area contributed by atoms with Crippen LogP contribution in [0.25, 0.3) is 0 Å². The number of hydrogen-bond acceptors (Lipinski definition) is 2. The molecule has 2 unspecified atom stereocenters. The molecule has 0 rings (SSSR count). The van der Waals surface area contributed by atoms with Gasteiger partial charge in [-0.25, -0.2) is 0 Å². The summed E-state index contributed by atoms with van der Waals surface area (Å²) in [7, 11) is 0. The maximum Gasteiger partial charge on any atom is 0.00483 e. The predicted octanol–water partition coefficient (Wildman–Crippen LogP) is 3.36. The molecule has 0 spiro atoms. The molecule has 2 nitrogen and oxygen atoms in total. The van der Waals surface area contributed by atoms with Crippen molar-refractivity contribution < 1.29 is 0 Å². The van der Waals surface area contributed by atoms with Crippen LogP contribution < -0.4 is 5.73 Å². The van der Waals surface area contributed by atoms with E-state index in [-0.39, 0.29) is 0 Å². The van der Waals surface area contributed by atoms with Crippen LogP contribution in [0.15, 0.2) is 0 Å². The molecule has 17 heavy (non-hydrogen) atoms. The zero-order valence-electron chi connectivity index (χ0n) is 12.9. The normalized spacial score (nSPS) is 15.9. The highest BCUT2D eigenvalue weighted by molar-refractivity contribution is 4.70. The molecule has 0 bridgehead atoms. The second-order valence-corrected chi connectivity index (χ2v) is 6.50.